The molecule has 8 nitrogen and oxygen atoms in total. The van der Waals surface area contributed by atoms with E-state index in [1.165, 1.54) is 25.3 Å². The largest absolute Gasteiger partial charge is 0.495 e. The van der Waals surface area contributed by atoms with Gasteiger partial charge in [-0.3, -0.25) is 13.9 Å². The van der Waals surface area contributed by atoms with E-state index in [-0.39, 0.29) is 34.9 Å². The molecular weight excluding hydrogens is 336 g/mol. The number of nitrogens with zero attached hydrogens (tertiary/aromatic N) is 2. The van der Waals surface area contributed by atoms with Crippen molar-refractivity contribution in [3.63, 3.8) is 0 Å². The Morgan fingerprint density at radius 1 is 1.33 bits per heavy atom. The van der Waals surface area contributed by atoms with Gasteiger partial charge in [0, 0.05) is 18.2 Å². The quantitative estimate of drug-likeness (QED) is 0.796. The fourth-order valence-electron chi connectivity index (χ4n) is 2.32. The summed E-state index contributed by atoms with van der Waals surface area (Å²) in [6, 6.07) is 6.72. The molecule has 1 heterocycles. The lowest BCUT2D eigenvalue weighted by atomic mass is 10.0. The fourth-order valence-corrected chi connectivity index (χ4v) is 3.00. The Kier molecular flexibility index (Phi) is 4.64. The molecule has 0 radical (unpaired) electrons. The molecule has 2 N–H and O–H groups in total. The third-order valence-electron chi connectivity index (χ3n) is 3.46. The topological polar surface area (TPSA) is 130 Å². The lowest BCUT2D eigenvalue weighted by Crippen LogP contribution is -2.22. The molecule has 2 aromatic rings. The Balaban J connectivity index is 2.84. The SMILES string of the molecule is CCn1c(O)cc(-c2ccc(OC)c(S(=O)(=O)O)c2)c(C#N)c1=O. The second-order valence-corrected chi connectivity index (χ2v) is 6.18. The molecule has 0 amide bonds. The van der Waals surface area contributed by atoms with E-state index in [4.69, 9.17) is 4.74 Å². The normalized spacial score (nSPS) is 11.1. The van der Waals surface area contributed by atoms with Crippen molar-refractivity contribution in [1.29, 1.82) is 5.26 Å². The maximum atomic E-state index is 12.2. The molecule has 0 saturated heterocycles. The van der Waals surface area contributed by atoms with E-state index < -0.39 is 20.6 Å². The summed E-state index contributed by atoms with van der Waals surface area (Å²) in [5.74, 6) is -0.452. The molecule has 24 heavy (non-hydrogen) atoms. The molecule has 0 fully saturated rings. The molecule has 2 rings (SSSR count). The first-order chi connectivity index (χ1) is 11.2. The minimum Gasteiger partial charge on any atom is -0.495 e. The molecule has 0 unspecified atom stereocenters. The van der Waals surface area contributed by atoms with Crippen LogP contribution in [0, 0.1) is 11.3 Å². The molecule has 0 bridgehead atoms. The van der Waals surface area contributed by atoms with Gasteiger partial charge in [-0.1, -0.05) is 6.07 Å². The van der Waals surface area contributed by atoms with Crippen molar-refractivity contribution in [2.75, 3.05) is 7.11 Å². The Hall–Kier alpha value is -2.83. The summed E-state index contributed by atoms with van der Waals surface area (Å²) in [6.45, 7) is 1.80. The van der Waals surface area contributed by atoms with Crippen molar-refractivity contribution in [2.24, 2.45) is 0 Å². The summed E-state index contributed by atoms with van der Waals surface area (Å²) >= 11 is 0. The van der Waals surface area contributed by atoms with Gasteiger partial charge in [-0.15, -0.1) is 0 Å². The molecule has 0 aliphatic rings. The number of benzene rings is 1. The van der Waals surface area contributed by atoms with Crippen LogP contribution in [0.4, 0.5) is 0 Å². The zero-order chi connectivity index (χ0) is 18.1. The Morgan fingerprint density at radius 2 is 2.00 bits per heavy atom. The standard InChI is InChI=1S/C15H14N2O6S/c1-3-17-14(18)7-10(11(8-16)15(17)19)9-4-5-12(23-2)13(6-9)24(20,21)22/h4-7,18H,3H2,1-2H3,(H,20,21,22). The summed E-state index contributed by atoms with van der Waals surface area (Å²) in [7, 11) is -3.35. The predicted molar refractivity (Wildman–Crippen MR) is 84.6 cm³/mol. The average molecular weight is 350 g/mol. The molecule has 0 atom stereocenters. The number of pyridine rings is 1. The lowest BCUT2D eigenvalue weighted by Gasteiger charge is -2.12. The highest BCUT2D eigenvalue weighted by Crippen LogP contribution is 2.32. The Labute approximate surface area is 137 Å². The second kappa shape index (κ2) is 6.35. The Morgan fingerprint density at radius 3 is 2.50 bits per heavy atom. The molecular formula is C15H14N2O6S. The van der Waals surface area contributed by atoms with Gasteiger partial charge in [0.1, 0.15) is 22.3 Å². The number of rotatable bonds is 4. The van der Waals surface area contributed by atoms with Crippen molar-refractivity contribution in [2.45, 2.75) is 18.4 Å². The highest BCUT2D eigenvalue weighted by molar-refractivity contribution is 7.86. The van der Waals surface area contributed by atoms with E-state index in [1.807, 2.05) is 0 Å². The van der Waals surface area contributed by atoms with E-state index in [2.05, 4.69) is 0 Å². The smallest absolute Gasteiger partial charge is 0.298 e. The van der Waals surface area contributed by atoms with Crippen molar-refractivity contribution in [3.8, 4) is 28.8 Å². The summed E-state index contributed by atoms with van der Waals surface area (Å²) in [5, 5.41) is 19.2. The zero-order valence-corrected chi connectivity index (χ0v) is 13.7. The molecule has 0 saturated carbocycles. The average Bonchev–Trinajstić information content (AvgIpc) is 2.53. The van der Waals surface area contributed by atoms with Crippen LogP contribution in [0.25, 0.3) is 11.1 Å². The third-order valence-corrected chi connectivity index (χ3v) is 4.33. The fraction of sp³-hybridized carbons (Fsp3) is 0.200. The van der Waals surface area contributed by atoms with Gasteiger partial charge in [0.25, 0.3) is 15.7 Å². The molecule has 0 aliphatic carbocycles. The molecule has 0 aliphatic heterocycles. The van der Waals surface area contributed by atoms with Gasteiger partial charge in [-0.05, 0) is 24.6 Å². The number of hydrogen-bond acceptors (Lipinski definition) is 6. The van der Waals surface area contributed by atoms with Gasteiger partial charge in [0.2, 0.25) is 0 Å². The highest BCUT2D eigenvalue weighted by Gasteiger charge is 2.20. The maximum Gasteiger partial charge on any atom is 0.298 e. The summed E-state index contributed by atoms with van der Waals surface area (Å²) in [6.07, 6.45) is 0. The number of methoxy groups -OCH3 is 1. The second-order valence-electron chi connectivity index (χ2n) is 4.79. The predicted octanol–water partition coefficient (Wildman–Crippen LogP) is 1.37. The van der Waals surface area contributed by atoms with Gasteiger partial charge in [0.15, 0.2) is 5.88 Å². The van der Waals surface area contributed by atoms with Gasteiger partial charge >= 0.3 is 0 Å². The van der Waals surface area contributed by atoms with Crippen molar-refractivity contribution in [1.82, 2.24) is 4.57 Å². The summed E-state index contributed by atoms with van der Waals surface area (Å²) in [5.41, 5.74) is -0.729. The van der Waals surface area contributed by atoms with Crippen LogP contribution in [0.5, 0.6) is 11.6 Å². The molecule has 0 spiro atoms. The number of hydrogen-bond donors (Lipinski definition) is 2. The van der Waals surface area contributed by atoms with Crippen LogP contribution < -0.4 is 10.3 Å². The van der Waals surface area contributed by atoms with E-state index in [0.29, 0.717) is 0 Å². The van der Waals surface area contributed by atoms with Crippen LogP contribution in [0.1, 0.15) is 12.5 Å². The van der Waals surface area contributed by atoms with Crippen molar-refractivity contribution in [3.05, 3.63) is 40.2 Å². The first-order valence-electron chi connectivity index (χ1n) is 6.77. The van der Waals surface area contributed by atoms with Crippen LogP contribution in [0.15, 0.2) is 34.0 Å². The highest BCUT2D eigenvalue weighted by atomic mass is 32.2. The van der Waals surface area contributed by atoms with Crippen molar-refractivity contribution < 1.29 is 22.8 Å². The maximum absolute atomic E-state index is 12.2. The minimum absolute atomic E-state index is 0.0530. The van der Waals surface area contributed by atoms with Crippen LogP contribution >= 0.6 is 0 Å². The summed E-state index contributed by atoms with van der Waals surface area (Å²) in [4.78, 5) is 11.7. The van der Waals surface area contributed by atoms with Crippen molar-refractivity contribution >= 4 is 10.1 Å². The van der Waals surface area contributed by atoms with E-state index in [1.54, 1.807) is 13.0 Å². The monoisotopic (exact) mass is 350 g/mol. The van der Waals surface area contributed by atoms with Crippen LogP contribution in [-0.2, 0) is 16.7 Å². The molecule has 1 aromatic carbocycles. The molecule has 9 heteroatoms. The lowest BCUT2D eigenvalue weighted by molar-refractivity contribution is 0.397. The van der Waals surface area contributed by atoms with Crippen LogP contribution in [0.2, 0.25) is 0 Å². The molecule has 126 valence electrons. The number of aromatic nitrogens is 1. The van der Waals surface area contributed by atoms with Crippen LogP contribution in [-0.4, -0.2) is 29.8 Å². The molecule has 1 aromatic heterocycles. The van der Waals surface area contributed by atoms with Gasteiger partial charge in [0.05, 0.1) is 7.11 Å². The summed E-state index contributed by atoms with van der Waals surface area (Å²) < 4.78 is 38.2. The van der Waals surface area contributed by atoms with Gasteiger partial charge in [-0.2, -0.15) is 13.7 Å². The van der Waals surface area contributed by atoms with E-state index in [0.717, 1.165) is 10.6 Å². The first-order valence-corrected chi connectivity index (χ1v) is 8.21. The zero-order valence-electron chi connectivity index (χ0n) is 12.8. The van der Waals surface area contributed by atoms with E-state index >= 15 is 0 Å². The van der Waals surface area contributed by atoms with E-state index in [9.17, 15) is 28.1 Å². The van der Waals surface area contributed by atoms with Gasteiger partial charge in [-0.25, -0.2) is 0 Å². The Bertz CT molecular complexity index is 1000. The minimum atomic E-state index is -4.58. The number of nitriles is 1. The third kappa shape index (κ3) is 2.97. The van der Waals surface area contributed by atoms with Crippen LogP contribution in [0.3, 0.4) is 0 Å². The van der Waals surface area contributed by atoms with Gasteiger partial charge < -0.3 is 9.84 Å². The number of ether oxygens (including phenoxy) is 1. The number of aromatic hydroxyl groups is 1. The first kappa shape index (κ1) is 17.5.